The Bertz CT molecular complexity index is 237. The highest BCUT2D eigenvalue weighted by molar-refractivity contribution is 4.93. The molecule has 0 aromatic rings. The molecular formula is C12H22O3. The Hall–Kier alpha value is -0.120. The molecule has 2 aliphatic heterocycles. The summed E-state index contributed by atoms with van der Waals surface area (Å²) in [6.07, 6.45) is 1.28. The Morgan fingerprint density at radius 2 is 1.87 bits per heavy atom. The van der Waals surface area contributed by atoms with Gasteiger partial charge in [-0.1, -0.05) is 20.8 Å². The van der Waals surface area contributed by atoms with Crippen LogP contribution in [0.15, 0.2) is 0 Å². The van der Waals surface area contributed by atoms with Gasteiger partial charge in [0.1, 0.15) is 6.10 Å². The van der Waals surface area contributed by atoms with E-state index in [2.05, 4.69) is 20.8 Å². The molecule has 2 fully saturated rings. The topological polar surface area (TPSA) is 27.7 Å². The average molecular weight is 214 g/mol. The van der Waals surface area contributed by atoms with Crippen molar-refractivity contribution in [3.8, 4) is 0 Å². The normalized spacial score (nSPS) is 43.6. The molecule has 0 saturated carbocycles. The lowest BCUT2D eigenvalue weighted by Gasteiger charge is -2.27. The van der Waals surface area contributed by atoms with E-state index in [-0.39, 0.29) is 18.5 Å². The summed E-state index contributed by atoms with van der Waals surface area (Å²) in [6, 6.07) is 0. The number of rotatable bonds is 2. The molecule has 2 rings (SSSR count). The first-order valence-electron chi connectivity index (χ1n) is 5.95. The third-order valence-electron chi connectivity index (χ3n) is 3.38. The Morgan fingerprint density at radius 3 is 2.40 bits per heavy atom. The molecule has 0 bridgehead atoms. The van der Waals surface area contributed by atoms with Gasteiger partial charge in [-0.05, 0) is 26.2 Å². The standard InChI is InChI=1S/C12H22O3/c1-6-8-9(7(2)3)10-11(13-8)15-12(4,5)14-10/h7-11H,6H2,1-5H3/t8-,9-,10-,11-/m1/s1. The lowest BCUT2D eigenvalue weighted by Crippen LogP contribution is -2.33. The first kappa shape index (κ1) is 11.4. The molecular weight excluding hydrogens is 192 g/mol. The molecule has 2 saturated heterocycles. The van der Waals surface area contributed by atoms with Crippen LogP contribution in [-0.4, -0.2) is 24.3 Å². The van der Waals surface area contributed by atoms with Gasteiger partial charge in [-0.15, -0.1) is 0 Å². The minimum atomic E-state index is -0.485. The first-order chi connectivity index (χ1) is 6.94. The highest BCUT2D eigenvalue weighted by Crippen LogP contribution is 2.44. The number of fused-ring (bicyclic) bond motifs is 1. The van der Waals surface area contributed by atoms with Crippen molar-refractivity contribution in [1.29, 1.82) is 0 Å². The summed E-state index contributed by atoms with van der Waals surface area (Å²) in [5.41, 5.74) is 0. The molecule has 3 heteroatoms. The molecule has 2 heterocycles. The highest BCUT2D eigenvalue weighted by Gasteiger charge is 2.54. The maximum atomic E-state index is 5.93. The van der Waals surface area contributed by atoms with E-state index in [0.29, 0.717) is 11.8 Å². The molecule has 0 unspecified atom stereocenters. The number of hydrogen-bond acceptors (Lipinski definition) is 3. The van der Waals surface area contributed by atoms with E-state index in [9.17, 15) is 0 Å². The van der Waals surface area contributed by atoms with Gasteiger partial charge < -0.3 is 14.2 Å². The number of hydrogen-bond donors (Lipinski definition) is 0. The molecule has 0 spiro atoms. The quantitative estimate of drug-likeness (QED) is 0.707. The molecule has 0 radical (unpaired) electrons. The van der Waals surface area contributed by atoms with Crippen molar-refractivity contribution in [2.75, 3.05) is 0 Å². The molecule has 2 aliphatic rings. The zero-order valence-electron chi connectivity index (χ0n) is 10.3. The second-order valence-corrected chi connectivity index (χ2v) is 5.37. The third kappa shape index (κ3) is 1.93. The molecule has 0 aromatic carbocycles. The summed E-state index contributed by atoms with van der Waals surface area (Å²) in [7, 11) is 0. The molecule has 0 N–H and O–H groups in total. The minimum Gasteiger partial charge on any atom is -0.346 e. The van der Waals surface area contributed by atoms with Crippen molar-refractivity contribution in [1.82, 2.24) is 0 Å². The van der Waals surface area contributed by atoms with Gasteiger partial charge in [-0.25, -0.2) is 0 Å². The van der Waals surface area contributed by atoms with Crippen LogP contribution in [0.25, 0.3) is 0 Å². The molecule has 88 valence electrons. The van der Waals surface area contributed by atoms with Crippen molar-refractivity contribution in [3.05, 3.63) is 0 Å². The van der Waals surface area contributed by atoms with Crippen LogP contribution >= 0.6 is 0 Å². The highest BCUT2D eigenvalue weighted by atomic mass is 16.8. The van der Waals surface area contributed by atoms with Crippen molar-refractivity contribution < 1.29 is 14.2 Å². The fourth-order valence-electron chi connectivity index (χ4n) is 2.77. The fourth-order valence-corrected chi connectivity index (χ4v) is 2.77. The van der Waals surface area contributed by atoms with Crippen LogP contribution in [0.2, 0.25) is 0 Å². The molecule has 0 aromatic heterocycles. The van der Waals surface area contributed by atoms with Gasteiger partial charge >= 0.3 is 0 Å². The van der Waals surface area contributed by atoms with Crippen LogP contribution in [0.4, 0.5) is 0 Å². The fraction of sp³-hybridized carbons (Fsp3) is 1.00. The van der Waals surface area contributed by atoms with Gasteiger partial charge in [0, 0.05) is 5.92 Å². The molecule has 0 aliphatic carbocycles. The molecule has 15 heavy (non-hydrogen) atoms. The van der Waals surface area contributed by atoms with Crippen LogP contribution in [0.1, 0.15) is 41.0 Å². The average Bonchev–Trinajstić information content (AvgIpc) is 2.54. The zero-order valence-corrected chi connectivity index (χ0v) is 10.3. The van der Waals surface area contributed by atoms with E-state index in [4.69, 9.17) is 14.2 Å². The van der Waals surface area contributed by atoms with Crippen LogP contribution in [-0.2, 0) is 14.2 Å². The van der Waals surface area contributed by atoms with Crippen molar-refractivity contribution in [3.63, 3.8) is 0 Å². The van der Waals surface area contributed by atoms with E-state index < -0.39 is 5.79 Å². The van der Waals surface area contributed by atoms with E-state index in [1.54, 1.807) is 0 Å². The zero-order chi connectivity index (χ0) is 11.2. The van der Waals surface area contributed by atoms with E-state index in [0.717, 1.165) is 6.42 Å². The SMILES string of the molecule is CC[C@H]1O[C@@H]2OC(C)(C)O[C@@H]2[C@@H]1C(C)C. The Kier molecular flexibility index (Phi) is 2.82. The number of ether oxygens (including phenoxy) is 3. The lowest BCUT2D eigenvalue weighted by molar-refractivity contribution is -0.211. The van der Waals surface area contributed by atoms with Gasteiger partial charge in [0.15, 0.2) is 12.1 Å². The van der Waals surface area contributed by atoms with Crippen LogP contribution in [0.5, 0.6) is 0 Å². The van der Waals surface area contributed by atoms with Crippen LogP contribution < -0.4 is 0 Å². The van der Waals surface area contributed by atoms with Gasteiger partial charge in [0.2, 0.25) is 0 Å². The summed E-state index contributed by atoms with van der Waals surface area (Å²) in [5, 5.41) is 0. The summed E-state index contributed by atoms with van der Waals surface area (Å²) < 4.78 is 17.6. The molecule has 4 atom stereocenters. The Balaban J connectivity index is 2.14. The molecule has 3 nitrogen and oxygen atoms in total. The maximum Gasteiger partial charge on any atom is 0.187 e. The Labute approximate surface area is 92.1 Å². The first-order valence-corrected chi connectivity index (χ1v) is 5.95. The van der Waals surface area contributed by atoms with Gasteiger partial charge in [-0.3, -0.25) is 0 Å². The van der Waals surface area contributed by atoms with Crippen molar-refractivity contribution >= 4 is 0 Å². The van der Waals surface area contributed by atoms with E-state index in [1.165, 1.54) is 0 Å². The van der Waals surface area contributed by atoms with Gasteiger partial charge in [0.25, 0.3) is 0 Å². The van der Waals surface area contributed by atoms with Crippen molar-refractivity contribution in [2.24, 2.45) is 11.8 Å². The van der Waals surface area contributed by atoms with Crippen molar-refractivity contribution in [2.45, 2.75) is 65.3 Å². The smallest absolute Gasteiger partial charge is 0.187 e. The van der Waals surface area contributed by atoms with Gasteiger partial charge in [-0.2, -0.15) is 0 Å². The van der Waals surface area contributed by atoms with E-state index in [1.807, 2.05) is 13.8 Å². The largest absolute Gasteiger partial charge is 0.346 e. The van der Waals surface area contributed by atoms with E-state index >= 15 is 0 Å². The van der Waals surface area contributed by atoms with Crippen LogP contribution in [0, 0.1) is 11.8 Å². The Morgan fingerprint density at radius 1 is 1.20 bits per heavy atom. The van der Waals surface area contributed by atoms with Gasteiger partial charge in [0.05, 0.1) is 6.10 Å². The summed E-state index contributed by atoms with van der Waals surface area (Å²) in [4.78, 5) is 0. The third-order valence-corrected chi connectivity index (χ3v) is 3.38. The minimum absolute atomic E-state index is 0.116. The summed E-state index contributed by atoms with van der Waals surface area (Å²) in [5.74, 6) is 0.547. The lowest BCUT2D eigenvalue weighted by atomic mass is 9.86. The predicted molar refractivity (Wildman–Crippen MR) is 57.3 cm³/mol. The monoisotopic (exact) mass is 214 g/mol. The maximum absolute atomic E-state index is 5.93. The summed E-state index contributed by atoms with van der Waals surface area (Å²) in [6.45, 7) is 10.5. The predicted octanol–water partition coefficient (Wildman–Crippen LogP) is 2.55. The second-order valence-electron chi connectivity index (χ2n) is 5.37. The summed E-state index contributed by atoms with van der Waals surface area (Å²) >= 11 is 0. The van der Waals surface area contributed by atoms with Crippen LogP contribution in [0.3, 0.4) is 0 Å². The second kappa shape index (κ2) is 3.72. The molecule has 0 amide bonds.